The summed E-state index contributed by atoms with van der Waals surface area (Å²) in [6, 6.07) is 18.6. The molecule has 39 heavy (non-hydrogen) atoms. The molecule has 0 bridgehead atoms. The highest BCUT2D eigenvalue weighted by atomic mass is 19.3. The summed E-state index contributed by atoms with van der Waals surface area (Å²) in [7, 11) is 0. The first-order valence-corrected chi connectivity index (χ1v) is 12.4. The quantitative estimate of drug-likeness (QED) is 0.344. The number of rotatable bonds is 7. The Morgan fingerprint density at radius 2 is 1.56 bits per heavy atom. The third-order valence-corrected chi connectivity index (χ3v) is 6.56. The van der Waals surface area contributed by atoms with Gasteiger partial charge in [0.2, 0.25) is 0 Å². The lowest BCUT2D eigenvalue weighted by atomic mass is 9.89. The molecule has 0 spiro atoms. The van der Waals surface area contributed by atoms with Gasteiger partial charge in [-0.2, -0.15) is 8.78 Å². The standard InChI is InChI=1S/C29H25F2N5O3/c30-29(31)39-24-10-6-21(7-11-24)27(37)35-23-8-4-19(5-9-23)20-12-15-36(16-13-20)28(38)22-17-33-26(34-18-22)25-3-1-2-14-32-25/h1-11,14,17-18,20,29H,12-13,15-16H2,(H,35,37). The molecule has 0 atom stereocenters. The van der Waals surface area contributed by atoms with Gasteiger partial charge in [0.25, 0.3) is 11.8 Å². The van der Waals surface area contributed by atoms with Gasteiger partial charge in [-0.05, 0) is 72.9 Å². The van der Waals surface area contributed by atoms with Gasteiger partial charge in [0.1, 0.15) is 11.4 Å². The van der Waals surface area contributed by atoms with Crippen LogP contribution in [0.1, 0.15) is 45.0 Å². The molecule has 4 aromatic rings. The molecular weight excluding hydrogens is 504 g/mol. The van der Waals surface area contributed by atoms with Gasteiger partial charge >= 0.3 is 6.61 Å². The third kappa shape index (κ3) is 6.40. The second kappa shape index (κ2) is 11.8. The molecule has 1 aliphatic rings. The SMILES string of the molecule is O=C(Nc1ccc(C2CCN(C(=O)c3cnc(-c4ccccn4)nc3)CC2)cc1)c1ccc(OC(F)F)cc1. The predicted molar refractivity (Wildman–Crippen MR) is 141 cm³/mol. The van der Waals surface area contributed by atoms with Gasteiger partial charge in [-0.1, -0.05) is 18.2 Å². The number of benzene rings is 2. The molecule has 1 N–H and O–H groups in total. The van der Waals surface area contributed by atoms with E-state index in [4.69, 9.17) is 0 Å². The first kappa shape index (κ1) is 25.9. The minimum atomic E-state index is -2.92. The molecule has 2 aromatic heterocycles. The van der Waals surface area contributed by atoms with E-state index in [-0.39, 0.29) is 17.6 Å². The Morgan fingerprint density at radius 3 is 2.18 bits per heavy atom. The summed E-state index contributed by atoms with van der Waals surface area (Å²) in [6.45, 7) is -1.68. The van der Waals surface area contributed by atoms with Gasteiger partial charge in [-0.3, -0.25) is 14.6 Å². The molecule has 10 heteroatoms. The van der Waals surface area contributed by atoms with E-state index in [2.05, 4.69) is 25.0 Å². The van der Waals surface area contributed by atoms with Crippen molar-refractivity contribution < 1.29 is 23.1 Å². The van der Waals surface area contributed by atoms with E-state index in [0.29, 0.717) is 47.3 Å². The van der Waals surface area contributed by atoms with Crippen molar-refractivity contribution in [1.82, 2.24) is 19.9 Å². The molecule has 1 fully saturated rings. The molecule has 198 valence electrons. The minimum Gasteiger partial charge on any atom is -0.435 e. The number of hydrogen-bond acceptors (Lipinski definition) is 6. The lowest BCUT2D eigenvalue weighted by Gasteiger charge is -2.32. The van der Waals surface area contributed by atoms with E-state index in [9.17, 15) is 18.4 Å². The number of piperidine rings is 1. The van der Waals surface area contributed by atoms with E-state index in [1.54, 1.807) is 18.6 Å². The highest BCUT2D eigenvalue weighted by Gasteiger charge is 2.25. The van der Waals surface area contributed by atoms with Gasteiger partial charge in [-0.25, -0.2) is 9.97 Å². The van der Waals surface area contributed by atoms with Crippen molar-refractivity contribution in [3.63, 3.8) is 0 Å². The van der Waals surface area contributed by atoms with Crippen LogP contribution in [-0.2, 0) is 0 Å². The number of likely N-dealkylation sites (tertiary alicyclic amines) is 1. The molecule has 2 amide bonds. The van der Waals surface area contributed by atoms with Crippen molar-refractivity contribution in [2.24, 2.45) is 0 Å². The van der Waals surface area contributed by atoms with E-state index in [1.165, 1.54) is 24.3 Å². The fourth-order valence-corrected chi connectivity index (χ4v) is 4.49. The van der Waals surface area contributed by atoms with Crippen LogP contribution in [-0.4, -0.2) is 51.4 Å². The number of alkyl halides is 2. The Morgan fingerprint density at radius 1 is 0.872 bits per heavy atom. The lowest BCUT2D eigenvalue weighted by Crippen LogP contribution is -2.38. The van der Waals surface area contributed by atoms with E-state index in [1.807, 2.05) is 47.4 Å². The number of ether oxygens (including phenoxy) is 1. The zero-order valence-electron chi connectivity index (χ0n) is 20.8. The number of amides is 2. The van der Waals surface area contributed by atoms with Crippen molar-refractivity contribution in [1.29, 1.82) is 0 Å². The summed E-state index contributed by atoms with van der Waals surface area (Å²) in [5.41, 5.74) is 3.19. The largest absolute Gasteiger partial charge is 0.435 e. The monoisotopic (exact) mass is 529 g/mol. The molecule has 2 aromatic carbocycles. The topological polar surface area (TPSA) is 97.3 Å². The van der Waals surface area contributed by atoms with Crippen molar-refractivity contribution in [2.75, 3.05) is 18.4 Å². The van der Waals surface area contributed by atoms with Crippen LogP contribution in [0.15, 0.2) is 85.3 Å². The molecule has 0 saturated carbocycles. The zero-order chi connectivity index (χ0) is 27.2. The third-order valence-electron chi connectivity index (χ3n) is 6.56. The summed E-state index contributed by atoms with van der Waals surface area (Å²) in [5, 5.41) is 2.81. The van der Waals surface area contributed by atoms with Crippen LogP contribution < -0.4 is 10.1 Å². The maximum absolute atomic E-state index is 13.0. The van der Waals surface area contributed by atoms with Crippen molar-refractivity contribution in [3.8, 4) is 17.3 Å². The normalized spacial score (nSPS) is 13.8. The number of pyridine rings is 1. The molecule has 1 aliphatic heterocycles. The Bertz CT molecular complexity index is 1410. The Kier molecular flexibility index (Phi) is 7.81. The van der Waals surface area contributed by atoms with Crippen LogP contribution in [0.4, 0.5) is 14.5 Å². The van der Waals surface area contributed by atoms with Crippen LogP contribution in [0.5, 0.6) is 5.75 Å². The van der Waals surface area contributed by atoms with Crippen LogP contribution in [0.25, 0.3) is 11.5 Å². The number of nitrogens with zero attached hydrogens (tertiary/aromatic N) is 4. The van der Waals surface area contributed by atoms with Crippen molar-refractivity contribution in [3.05, 3.63) is 102 Å². The highest BCUT2D eigenvalue weighted by Crippen LogP contribution is 2.29. The number of nitrogens with one attached hydrogen (secondary N) is 1. The molecule has 5 rings (SSSR count). The number of carbonyl (C=O) groups is 2. The number of carbonyl (C=O) groups excluding carboxylic acids is 2. The highest BCUT2D eigenvalue weighted by molar-refractivity contribution is 6.04. The summed E-state index contributed by atoms with van der Waals surface area (Å²) < 4.78 is 28.9. The molecular formula is C29H25F2N5O3. The molecule has 0 radical (unpaired) electrons. The summed E-state index contributed by atoms with van der Waals surface area (Å²) in [4.78, 5) is 40.1. The average Bonchev–Trinajstić information content (AvgIpc) is 2.98. The molecule has 1 saturated heterocycles. The lowest BCUT2D eigenvalue weighted by molar-refractivity contribution is -0.0498. The van der Waals surface area contributed by atoms with Gasteiger partial charge in [-0.15, -0.1) is 0 Å². The van der Waals surface area contributed by atoms with Crippen molar-refractivity contribution >= 4 is 17.5 Å². The van der Waals surface area contributed by atoms with E-state index < -0.39 is 6.61 Å². The molecule has 3 heterocycles. The summed E-state index contributed by atoms with van der Waals surface area (Å²) >= 11 is 0. The first-order valence-electron chi connectivity index (χ1n) is 12.4. The van der Waals surface area contributed by atoms with Gasteiger partial charge in [0.15, 0.2) is 5.82 Å². The van der Waals surface area contributed by atoms with E-state index in [0.717, 1.165) is 18.4 Å². The first-order chi connectivity index (χ1) is 19.0. The fraction of sp³-hybridized carbons (Fsp3) is 0.207. The van der Waals surface area contributed by atoms with Crippen molar-refractivity contribution in [2.45, 2.75) is 25.4 Å². The van der Waals surface area contributed by atoms with E-state index >= 15 is 0 Å². The van der Waals surface area contributed by atoms with Crippen LogP contribution in [0.3, 0.4) is 0 Å². The average molecular weight is 530 g/mol. The molecule has 8 nitrogen and oxygen atoms in total. The Hall–Kier alpha value is -4.73. The molecule has 0 aliphatic carbocycles. The second-order valence-corrected chi connectivity index (χ2v) is 9.06. The number of halogens is 2. The Labute approximate surface area is 223 Å². The number of anilines is 1. The van der Waals surface area contributed by atoms with Crippen LogP contribution in [0, 0.1) is 0 Å². The maximum Gasteiger partial charge on any atom is 0.387 e. The molecule has 0 unspecified atom stereocenters. The Balaban J connectivity index is 1.13. The minimum absolute atomic E-state index is 0.00880. The van der Waals surface area contributed by atoms with Gasteiger partial charge in [0, 0.05) is 42.9 Å². The number of aromatic nitrogens is 3. The van der Waals surface area contributed by atoms with Gasteiger partial charge < -0.3 is 15.0 Å². The summed E-state index contributed by atoms with van der Waals surface area (Å²) in [5.74, 6) is 0.320. The maximum atomic E-state index is 13.0. The summed E-state index contributed by atoms with van der Waals surface area (Å²) in [6.07, 6.45) is 6.40. The predicted octanol–water partition coefficient (Wildman–Crippen LogP) is 5.41. The van der Waals surface area contributed by atoms with Gasteiger partial charge in [0.05, 0.1) is 5.56 Å². The zero-order valence-corrected chi connectivity index (χ0v) is 20.8. The number of hydrogen-bond donors (Lipinski definition) is 1. The smallest absolute Gasteiger partial charge is 0.387 e. The van der Waals surface area contributed by atoms with Crippen LogP contribution >= 0.6 is 0 Å². The van der Waals surface area contributed by atoms with Crippen LogP contribution in [0.2, 0.25) is 0 Å². The second-order valence-electron chi connectivity index (χ2n) is 9.06. The fourth-order valence-electron chi connectivity index (χ4n) is 4.49.